The second-order valence-electron chi connectivity index (χ2n) is 5.50. The SMILES string of the molecule is CS(=O)(=O)N1CCN(NC(=O)c2cc3cc(F)ccc3[nH]2)CC1. The maximum atomic E-state index is 13.2. The number of rotatable bonds is 3. The predicted molar refractivity (Wildman–Crippen MR) is 83.7 cm³/mol. The Morgan fingerprint density at radius 2 is 1.91 bits per heavy atom. The van der Waals surface area contributed by atoms with Gasteiger partial charge in [-0.2, -0.15) is 4.31 Å². The fraction of sp³-hybridized carbons (Fsp3) is 0.357. The number of carbonyl (C=O) groups is 1. The van der Waals surface area contributed by atoms with Crippen LogP contribution >= 0.6 is 0 Å². The molecule has 1 aliphatic heterocycles. The molecule has 0 bridgehead atoms. The Balaban J connectivity index is 1.65. The maximum absolute atomic E-state index is 13.2. The Labute approximate surface area is 133 Å². The Morgan fingerprint density at radius 3 is 2.57 bits per heavy atom. The number of fused-ring (bicyclic) bond motifs is 1. The lowest BCUT2D eigenvalue weighted by Crippen LogP contribution is -2.54. The first-order valence-corrected chi connectivity index (χ1v) is 8.97. The zero-order valence-electron chi connectivity index (χ0n) is 12.5. The third kappa shape index (κ3) is 3.52. The van der Waals surface area contributed by atoms with Crippen molar-refractivity contribution in [3.63, 3.8) is 0 Å². The second-order valence-corrected chi connectivity index (χ2v) is 7.49. The highest BCUT2D eigenvalue weighted by atomic mass is 32.2. The number of amides is 1. The summed E-state index contributed by atoms with van der Waals surface area (Å²) in [5, 5.41) is 2.30. The molecule has 1 amide bonds. The van der Waals surface area contributed by atoms with E-state index in [1.54, 1.807) is 17.1 Å². The van der Waals surface area contributed by atoms with Crippen LogP contribution in [0.4, 0.5) is 4.39 Å². The number of carbonyl (C=O) groups excluding carboxylic acids is 1. The molecule has 0 unspecified atom stereocenters. The monoisotopic (exact) mass is 340 g/mol. The van der Waals surface area contributed by atoms with Crippen LogP contribution in [-0.4, -0.2) is 61.1 Å². The van der Waals surface area contributed by atoms with Crippen LogP contribution in [0.2, 0.25) is 0 Å². The van der Waals surface area contributed by atoms with Crippen LogP contribution in [0.15, 0.2) is 24.3 Å². The van der Waals surface area contributed by atoms with Crippen LogP contribution in [0, 0.1) is 5.82 Å². The van der Waals surface area contributed by atoms with E-state index in [0.29, 0.717) is 42.8 Å². The normalized spacial score (nSPS) is 17.5. The molecule has 2 heterocycles. The average Bonchev–Trinajstić information content (AvgIpc) is 2.90. The summed E-state index contributed by atoms with van der Waals surface area (Å²) in [5.74, 6) is -0.699. The minimum Gasteiger partial charge on any atom is -0.350 e. The minimum absolute atomic E-state index is 0.330. The lowest BCUT2D eigenvalue weighted by Gasteiger charge is -2.33. The van der Waals surface area contributed by atoms with Gasteiger partial charge in [-0.05, 0) is 24.3 Å². The lowest BCUT2D eigenvalue weighted by atomic mass is 10.2. The Bertz CT molecular complexity index is 841. The van der Waals surface area contributed by atoms with Crippen molar-refractivity contribution in [1.29, 1.82) is 0 Å². The number of sulfonamides is 1. The number of hydrazine groups is 1. The van der Waals surface area contributed by atoms with E-state index in [9.17, 15) is 17.6 Å². The highest BCUT2D eigenvalue weighted by molar-refractivity contribution is 7.88. The van der Waals surface area contributed by atoms with E-state index in [0.717, 1.165) is 0 Å². The largest absolute Gasteiger partial charge is 0.350 e. The number of nitrogens with one attached hydrogen (secondary N) is 2. The van der Waals surface area contributed by atoms with Gasteiger partial charge in [-0.25, -0.2) is 17.8 Å². The fourth-order valence-electron chi connectivity index (χ4n) is 2.56. The maximum Gasteiger partial charge on any atom is 0.282 e. The zero-order valence-corrected chi connectivity index (χ0v) is 13.4. The van der Waals surface area contributed by atoms with Crippen molar-refractivity contribution in [2.24, 2.45) is 0 Å². The molecule has 0 aliphatic carbocycles. The van der Waals surface area contributed by atoms with E-state index in [-0.39, 0.29) is 11.7 Å². The summed E-state index contributed by atoms with van der Waals surface area (Å²) in [6.45, 7) is 1.48. The van der Waals surface area contributed by atoms with Gasteiger partial charge in [0.2, 0.25) is 10.0 Å². The van der Waals surface area contributed by atoms with E-state index in [4.69, 9.17) is 0 Å². The molecule has 2 N–H and O–H groups in total. The molecule has 124 valence electrons. The molecule has 0 saturated carbocycles. The van der Waals surface area contributed by atoms with Gasteiger partial charge in [0.1, 0.15) is 11.5 Å². The number of halogens is 1. The molecule has 23 heavy (non-hydrogen) atoms. The summed E-state index contributed by atoms with van der Waals surface area (Å²) in [6.07, 6.45) is 1.17. The van der Waals surface area contributed by atoms with E-state index in [2.05, 4.69) is 10.4 Å². The molecule has 1 fully saturated rings. The van der Waals surface area contributed by atoms with Crippen molar-refractivity contribution < 1.29 is 17.6 Å². The molecule has 3 rings (SSSR count). The standard InChI is InChI=1S/C14H17FN4O3S/c1-23(21,22)19-6-4-18(5-7-19)17-14(20)13-9-10-8-11(15)2-3-12(10)16-13/h2-3,8-9,16H,4-7H2,1H3,(H,17,20). The van der Waals surface area contributed by atoms with Gasteiger partial charge >= 0.3 is 0 Å². The highest BCUT2D eigenvalue weighted by Gasteiger charge is 2.24. The van der Waals surface area contributed by atoms with Crippen LogP contribution in [0.5, 0.6) is 0 Å². The van der Waals surface area contributed by atoms with Crippen LogP contribution in [0.25, 0.3) is 10.9 Å². The Hall–Kier alpha value is -1.97. The first-order valence-electron chi connectivity index (χ1n) is 7.12. The van der Waals surface area contributed by atoms with E-state index in [1.165, 1.54) is 22.7 Å². The molecular weight excluding hydrogens is 323 g/mol. The number of H-pyrrole nitrogens is 1. The number of piperazine rings is 1. The van der Waals surface area contributed by atoms with Gasteiger partial charge in [0.25, 0.3) is 5.91 Å². The van der Waals surface area contributed by atoms with Crippen molar-refractivity contribution in [3.8, 4) is 0 Å². The molecule has 2 aromatic rings. The molecule has 7 nitrogen and oxygen atoms in total. The molecule has 0 radical (unpaired) electrons. The van der Waals surface area contributed by atoms with Crippen molar-refractivity contribution in [3.05, 3.63) is 35.8 Å². The van der Waals surface area contributed by atoms with E-state index >= 15 is 0 Å². The summed E-state index contributed by atoms with van der Waals surface area (Å²) >= 11 is 0. The molecule has 1 aliphatic rings. The smallest absolute Gasteiger partial charge is 0.282 e. The molecule has 1 saturated heterocycles. The number of aromatic amines is 1. The van der Waals surface area contributed by atoms with Crippen molar-refractivity contribution >= 4 is 26.8 Å². The fourth-order valence-corrected chi connectivity index (χ4v) is 3.39. The topological polar surface area (TPSA) is 85.5 Å². The van der Waals surface area contributed by atoms with Crippen LogP contribution in [0.3, 0.4) is 0 Å². The van der Waals surface area contributed by atoms with Gasteiger partial charge in [-0.3, -0.25) is 10.2 Å². The van der Waals surface area contributed by atoms with Crippen molar-refractivity contribution in [2.75, 3.05) is 32.4 Å². The Morgan fingerprint density at radius 1 is 1.22 bits per heavy atom. The third-order valence-corrected chi connectivity index (χ3v) is 5.10. The first kappa shape index (κ1) is 15.9. The first-order chi connectivity index (χ1) is 10.8. The molecule has 9 heteroatoms. The highest BCUT2D eigenvalue weighted by Crippen LogP contribution is 2.16. The zero-order chi connectivity index (χ0) is 16.6. The van der Waals surface area contributed by atoms with Gasteiger partial charge in [0.15, 0.2) is 0 Å². The summed E-state index contributed by atoms with van der Waals surface area (Å²) in [6, 6.07) is 5.84. The van der Waals surface area contributed by atoms with Crippen LogP contribution in [-0.2, 0) is 10.0 Å². The number of nitrogens with zero attached hydrogens (tertiary/aromatic N) is 2. The minimum atomic E-state index is -3.20. The average molecular weight is 340 g/mol. The molecule has 0 spiro atoms. The summed E-state index contributed by atoms with van der Waals surface area (Å²) < 4.78 is 37.4. The number of aromatic nitrogens is 1. The predicted octanol–water partition coefficient (Wildman–Crippen LogP) is 0.529. The van der Waals surface area contributed by atoms with Crippen molar-refractivity contribution in [2.45, 2.75) is 0 Å². The molecular formula is C14H17FN4O3S. The van der Waals surface area contributed by atoms with Gasteiger partial charge in [0, 0.05) is 37.1 Å². The van der Waals surface area contributed by atoms with E-state index in [1.807, 2.05) is 0 Å². The summed E-state index contributed by atoms with van der Waals surface area (Å²) in [7, 11) is -3.20. The summed E-state index contributed by atoms with van der Waals surface area (Å²) in [4.78, 5) is 15.2. The van der Waals surface area contributed by atoms with Crippen LogP contribution < -0.4 is 5.43 Å². The van der Waals surface area contributed by atoms with Gasteiger partial charge in [0.05, 0.1) is 6.26 Å². The van der Waals surface area contributed by atoms with Crippen molar-refractivity contribution in [1.82, 2.24) is 19.7 Å². The Kier molecular flexibility index (Phi) is 4.09. The van der Waals surface area contributed by atoms with E-state index < -0.39 is 10.0 Å². The van der Waals surface area contributed by atoms with Crippen LogP contribution in [0.1, 0.15) is 10.5 Å². The summed E-state index contributed by atoms with van der Waals surface area (Å²) in [5.41, 5.74) is 3.74. The second kappa shape index (κ2) is 5.91. The number of hydrogen-bond acceptors (Lipinski definition) is 4. The van der Waals surface area contributed by atoms with Gasteiger partial charge in [-0.15, -0.1) is 0 Å². The third-order valence-electron chi connectivity index (χ3n) is 3.79. The molecule has 1 aromatic carbocycles. The molecule has 1 aromatic heterocycles. The lowest BCUT2D eigenvalue weighted by molar-refractivity contribution is 0.0713. The van der Waals surface area contributed by atoms with Gasteiger partial charge in [-0.1, -0.05) is 0 Å². The quantitative estimate of drug-likeness (QED) is 0.853. The molecule has 0 atom stereocenters. The number of benzene rings is 1. The van der Waals surface area contributed by atoms with Gasteiger partial charge < -0.3 is 4.98 Å². The number of hydrogen-bond donors (Lipinski definition) is 2.